The van der Waals surface area contributed by atoms with E-state index < -0.39 is 15.1 Å². The third-order valence-corrected chi connectivity index (χ3v) is 3.49. The smallest absolute Gasteiger partial charge is 0.244 e. The summed E-state index contributed by atoms with van der Waals surface area (Å²) in [6, 6.07) is 0. The van der Waals surface area contributed by atoms with Crippen LogP contribution in [0.4, 0.5) is 0 Å². The minimum absolute atomic E-state index is 0.144. The van der Waals surface area contributed by atoms with Crippen LogP contribution in [-0.2, 0) is 16.4 Å². The normalized spacial score (nSPS) is 14.1. The van der Waals surface area contributed by atoms with Gasteiger partial charge in [-0.15, -0.1) is 0 Å². The molecule has 0 aliphatic rings. The molecule has 0 aliphatic heterocycles. The number of rotatable bonds is 5. The summed E-state index contributed by atoms with van der Waals surface area (Å²) in [7, 11) is -3.18. The molecule has 86 valence electrons. The van der Waals surface area contributed by atoms with E-state index in [1.807, 2.05) is 6.92 Å². The average Bonchev–Trinajstić information content (AvgIpc) is 2.60. The molecule has 1 heterocycles. The highest BCUT2D eigenvalue weighted by molar-refractivity contribution is 7.90. The molecule has 0 fully saturated rings. The van der Waals surface area contributed by atoms with Gasteiger partial charge in [-0.25, -0.2) is 8.42 Å². The molecule has 1 aromatic heterocycles. The molecule has 0 spiro atoms. The highest BCUT2D eigenvalue weighted by atomic mass is 32.2. The molecular formula is C8H15N3O3S. The minimum atomic E-state index is -3.18. The first-order valence-electron chi connectivity index (χ1n) is 4.67. The van der Waals surface area contributed by atoms with Crippen LogP contribution in [0.1, 0.15) is 30.8 Å². The Hall–Kier alpha value is -0.950. The van der Waals surface area contributed by atoms with Gasteiger partial charge in [0.2, 0.25) is 5.89 Å². The van der Waals surface area contributed by atoms with Crippen LogP contribution in [0, 0.1) is 0 Å². The molecule has 1 atom stereocenters. The Morgan fingerprint density at radius 3 is 2.73 bits per heavy atom. The van der Waals surface area contributed by atoms with E-state index in [0.29, 0.717) is 12.4 Å². The Bertz CT molecular complexity index is 413. The van der Waals surface area contributed by atoms with Crippen LogP contribution in [0.2, 0.25) is 0 Å². The number of hydrogen-bond donors (Lipinski definition) is 1. The lowest BCUT2D eigenvalue weighted by Gasteiger charge is -2.01. The molecule has 7 heteroatoms. The van der Waals surface area contributed by atoms with Gasteiger partial charge in [-0.05, 0) is 13.5 Å². The van der Waals surface area contributed by atoms with E-state index in [-0.39, 0.29) is 5.89 Å². The highest BCUT2D eigenvalue weighted by Crippen LogP contribution is 2.18. The SMILES string of the molecule is CCNCc1noc(C(C)S(C)(=O)=O)n1. The molecule has 0 aromatic carbocycles. The lowest BCUT2D eigenvalue weighted by atomic mass is 10.5. The maximum absolute atomic E-state index is 11.2. The molecule has 0 aliphatic carbocycles. The van der Waals surface area contributed by atoms with E-state index in [0.717, 1.165) is 12.8 Å². The molecule has 0 saturated heterocycles. The van der Waals surface area contributed by atoms with Crippen molar-refractivity contribution in [3.8, 4) is 0 Å². The summed E-state index contributed by atoms with van der Waals surface area (Å²) in [4.78, 5) is 3.99. The summed E-state index contributed by atoms with van der Waals surface area (Å²) in [5.74, 6) is 0.618. The molecule has 1 N–H and O–H groups in total. The fourth-order valence-electron chi connectivity index (χ4n) is 0.924. The largest absolute Gasteiger partial charge is 0.338 e. The van der Waals surface area contributed by atoms with Crippen molar-refractivity contribution in [2.24, 2.45) is 0 Å². The van der Waals surface area contributed by atoms with Gasteiger partial charge in [0.1, 0.15) is 5.25 Å². The zero-order valence-electron chi connectivity index (χ0n) is 9.02. The van der Waals surface area contributed by atoms with Crippen molar-refractivity contribution >= 4 is 9.84 Å². The summed E-state index contributed by atoms with van der Waals surface area (Å²) < 4.78 is 27.3. The quantitative estimate of drug-likeness (QED) is 0.786. The van der Waals surface area contributed by atoms with Gasteiger partial charge in [0.05, 0.1) is 6.54 Å². The van der Waals surface area contributed by atoms with E-state index in [4.69, 9.17) is 4.52 Å². The van der Waals surface area contributed by atoms with Crippen LogP contribution in [0.5, 0.6) is 0 Å². The van der Waals surface area contributed by atoms with Crippen molar-refractivity contribution < 1.29 is 12.9 Å². The van der Waals surface area contributed by atoms with Crippen LogP contribution in [-0.4, -0.2) is 31.4 Å². The van der Waals surface area contributed by atoms with Crippen LogP contribution in [0.3, 0.4) is 0 Å². The van der Waals surface area contributed by atoms with Crippen molar-refractivity contribution in [3.63, 3.8) is 0 Å². The number of sulfone groups is 1. The maximum atomic E-state index is 11.2. The predicted octanol–water partition coefficient (Wildman–Crippen LogP) is 0.285. The van der Waals surface area contributed by atoms with Crippen LogP contribution >= 0.6 is 0 Å². The molecule has 0 bridgehead atoms. The van der Waals surface area contributed by atoms with Gasteiger partial charge < -0.3 is 9.84 Å². The Morgan fingerprint density at radius 1 is 1.53 bits per heavy atom. The molecule has 0 amide bonds. The molecule has 1 unspecified atom stereocenters. The first kappa shape index (κ1) is 12.1. The summed E-state index contributed by atoms with van der Waals surface area (Å²) >= 11 is 0. The highest BCUT2D eigenvalue weighted by Gasteiger charge is 2.23. The molecule has 0 radical (unpaired) electrons. The fraction of sp³-hybridized carbons (Fsp3) is 0.750. The van der Waals surface area contributed by atoms with E-state index in [9.17, 15) is 8.42 Å². The molecule has 1 aromatic rings. The van der Waals surface area contributed by atoms with E-state index >= 15 is 0 Å². The molecule has 6 nitrogen and oxygen atoms in total. The van der Waals surface area contributed by atoms with E-state index in [2.05, 4.69) is 15.5 Å². The summed E-state index contributed by atoms with van der Waals surface area (Å²) in [5, 5.41) is 5.95. The molecule has 0 saturated carbocycles. The zero-order valence-corrected chi connectivity index (χ0v) is 9.84. The summed E-state index contributed by atoms with van der Waals surface area (Å²) in [6.07, 6.45) is 1.14. The van der Waals surface area contributed by atoms with Gasteiger partial charge in [0.25, 0.3) is 0 Å². The average molecular weight is 233 g/mol. The van der Waals surface area contributed by atoms with E-state index in [1.54, 1.807) is 0 Å². The summed E-state index contributed by atoms with van der Waals surface area (Å²) in [5.41, 5.74) is 0. The molecule has 1 rings (SSSR count). The van der Waals surface area contributed by atoms with Crippen molar-refractivity contribution in [1.29, 1.82) is 0 Å². The van der Waals surface area contributed by atoms with Crippen LogP contribution < -0.4 is 5.32 Å². The number of hydrogen-bond acceptors (Lipinski definition) is 6. The van der Waals surface area contributed by atoms with Gasteiger partial charge in [-0.3, -0.25) is 0 Å². The van der Waals surface area contributed by atoms with Crippen molar-refractivity contribution in [2.75, 3.05) is 12.8 Å². The second-order valence-corrected chi connectivity index (χ2v) is 5.67. The number of nitrogens with zero attached hydrogens (tertiary/aromatic N) is 2. The van der Waals surface area contributed by atoms with Crippen LogP contribution in [0.25, 0.3) is 0 Å². The van der Waals surface area contributed by atoms with Gasteiger partial charge in [-0.1, -0.05) is 12.1 Å². The first-order valence-corrected chi connectivity index (χ1v) is 6.62. The second-order valence-electron chi connectivity index (χ2n) is 3.30. The molecule has 15 heavy (non-hydrogen) atoms. The standard InChI is InChI=1S/C8H15N3O3S/c1-4-9-5-7-10-8(14-11-7)6(2)15(3,12)13/h6,9H,4-5H2,1-3H3. The minimum Gasteiger partial charge on any atom is -0.338 e. The third-order valence-electron chi connectivity index (χ3n) is 2.01. The zero-order chi connectivity index (χ0) is 11.5. The van der Waals surface area contributed by atoms with Crippen molar-refractivity contribution in [1.82, 2.24) is 15.5 Å². The van der Waals surface area contributed by atoms with Crippen LogP contribution in [0.15, 0.2) is 4.52 Å². The fourth-order valence-corrected chi connectivity index (χ4v) is 1.39. The lowest BCUT2D eigenvalue weighted by molar-refractivity contribution is 0.370. The monoisotopic (exact) mass is 233 g/mol. The first-order chi connectivity index (χ1) is 6.95. The van der Waals surface area contributed by atoms with Gasteiger partial charge >= 0.3 is 0 Å². The predicted molar refractivity (Wildman–Crippen MR) is 54.9 cm³/mol. The molecular weight excluding hydrogens is 218 g/mol. The Morgan fingerprint density at radius 2 is 2.20 bits per heavy atom. The van der Waals surface area contributed by atoms with E-state index in [1.165, 1.54) is 6.92 Å². The number of aromatic nitrogens is 2. The second kappa shape index (κ2) is 4.71. The van der Waals surface area contributed by atoms with Crippen molar-refractivity contribution in [3.05, 3.63) is 11.7 Å². The van der Waals surface area contributed by atoms with Gasteiger partial charge in [0.15, 0.2) is 15.7 Å². The Labute approximate surface area is 89.0 Å². The van der Waals surface area contributed by atoms with Gasteiger partial charge in [-0.2, -0.15) is 4.98 Å². The topological polar surface area (TPSA) is 85.1 Å². The lowest BCUT2D eigenvalue weighted by Crippen LogP contribution is -2.13. The van der Waals surface area contributed by atoms with Crippen molar-refractivity contribution in [2.45, 2.75) is 25.6 Å². The Kier molecular flexibility index (Phi) is 3.81. The number of nitrogens with one attached hydrogen (secondary N) is 1. The summed E-state index contributed by atoms with van der Waals surface area (Å²) in [6.45, 7) is 4.77. The maximum Gasteiger partial charge on any atom is 0.244 e. The Balaban J connectivity index is 2.76. The van der Waals surface area contributed by atoms with Gasteiger partial charge in [0, 0.05) is 6.26 Å². The third kappa shape index (κ3) is 3.28.